The number of pyridine rings is 1. The van der Waals surface area contributed by atoms with Crippen molar-refractivity contribution < 1.29 is 14.3 Å². The molecular formula is C17H23BrN4O3. The van der Waals surface area contributed by atoms with Gasteiger partial charge in [0.25, 0.3) is 5.91 Å². The molecule has 2 aromatic rings. The summed E-state index contributed by atoms with van der Waals surface area (Å²) in [6, 6.07) is 3.75. The molecule has 2 aromatic heterocycles. The van der Waals surface area contributed by atoms with Crippen molar-refractivity contribution in [2.75, 3.05) is 6.54 Å². The average Bonchev–Trinajstić information content (AvgIpc) is 2.94. The molecule has 0 unspecified atom stereocenters. The number of rotatable bonds is 9. The number of nitrogens with zero attached hydrogens (tertiary/aromatic N) is 2. The monoisotopic (exact) mass is 410 g/mol. The number of unbranched alkanes of at least 4 members (excludes halogenated alkanes) is 3. The number of nitrogens with two attached hydrogens (primary N) is 1. The van der Waals surface area contributed by atoms with Crippen LogP contribution >= 0.6 is 15.9 Å². The van der Waals surface area contributed by atoms with Gasteiger partial charge in [-0.1, -0.05) is 42.1 Å². The minimum Gasteiger partial charge on any atom is -0.436 e. The second-order valence-corrected chi connectivity index (χ2v) is 6.74. The van der Waals surface area contributed by atoms with Crippen LogP contribution in [0.5, 0.6) is 0 Å². The molecule has 2 rings (SSSR count). The molecule has 0 aromatic carbocycles. The number of aromatic nitrogens is 2. The highest BCUT2D eigenvalue weighted by Crippen LogP contribution is 2.14. The van der Waals surface area contributed by atoms with Crippen LogP contribution in [-0.2, 0) is 16.0 Å². The fourth-order valence-corrected chi connectivity index (χ4v) is 2.83. The fourth-order valence-electron chi connectivity index (χ4n) is 2.50. The van der Waals surface area contributed by atoms with Crippen LogP contribution in [0.15, 0.2) is 29.0 Å². The van der Waals surface area contributed by atoms with Crippen molar-refractivity contribution in [1.82, 2.24) is 14.7 Å². The Hall–Kier alpha value is -2.09. The predicted octanol–water partition coefficient (Wildman–Crippen LogP) is 2.80. The summed E-state index contributed by atoms with van der Waals surface area (Å²) in [6.45, 7) is 2.68. The second kappa shape index (κ2) is 9.41. The van der Waals surface area contributed by atoms with Gasteiger partial charge in [-0.3, -0.25) is 4.79 Å². The number of nitrogens with one attached hydrogen (secondary N) is 1. The first kappa shape index (κ1) is 19.2. The molecule has 0 bridgehead atoms. The van der Waals surface area contributed by atoms with Gasteiger partial charge < -0.3 is 20.2 Å². The third-order valence-electron chi connectivity index (χ3n) is 3.75. The summed E-state index contributed by atoms with van der Waals surface area (Å²) in [6.07, 6.45) is 6.07. The lowest BCUT2D eigenvalue weighted by molar-refractivity contribution is -0.129. The van der Waals surface area contributed by atoms with Gasteiger partial charge in [0.2, 0.25) is 0 Å². The Morgan fingerprint density at radius 1 is 1.40 bits per heavy atom. The minimum atomic E-state index is -0.989. The fraction of sp³-hybridized carbons (Fsp3) is 0.471. The zero-order chi connectivity index (χ0) is 18.2. The molecule has 0 spiro atoms. The number of carbonyl (C=O) groups is 2. The second-order valence-electron chi connectivity index (χ2n) is 5.82. The first-order valence-electron chi connectivity index (χ1n) is 8.36. The Labute approximate surface area is 155 Å². The Bertz CT molecular complexity index is 732. The van der Waals surface area contributed by atoms with Crippen molar-refractivity contribution in [1.29, 1.82) is 0 Å². The molecule has 8 heteroatoms. The molecule has 3 N–H and O–H groups in total. The molecule has 0 aliphatic rings. The van der Waals surface area contributed by atoms with Gasteiger partial charge >= 0.3 is 6.09 Å². The summed E-state index contributed by atoms with van der Waals surface area (Å²) < 4.78 is 7.73. The number of carbonyl (C=O) groups excluding carboxylic acids is 2. The lowest BCUT2D eigenvalue weighted by Gasteiger charge is -2.15. The first-order valence-corrected chi connectivity index (χ1v) is 9.16. The van der Waals surface area contributed by atoms with E-state index < -0.39 is 12.2 Å². The number of halogens is 1. The van der Waals surface area contributed by atoms with Gasteiger partial charge in [0.05, 0.1) is 5.69 Å². The van der Waals surface area contributed by atoms with Crippen LogP contribution < -0.4 is 11.1 Å². The molecule has 0 saturated carbocycles. The van der Waals surface area contributed by atoms with Crippen LogP contribution in [0, 0.1) is 0 Å². The van der Waals surface area contributed by atoms with Gasteiger partial charge in [0.15, 0.2) is 6.10 Å². The van der Waals surface area contributed by atoms with Crippen LogP contribution in [0.3, 0.4) is 0 Å². The Balaban J connectivity index is 2.00. The van der Waals surface area contributed by atoms with E-state index in [0.29, 0.717) is 12.2 Å². The molecule has 7 nitrogen and oxygen atoms in total. The third kappa shape index (κ3) is 6.04. The van der Waals surface area contributed by atoms with E-state index in [0.717, 1.165) is 35.8 Å². The van der Waals surface area contributed by atoms with Crippen LogP contribution in [0.1, 0.15) is 38.3 Å². The smallest absolute Gasteiger partial charge is 0.405 e. The molecule has 0 fully saturated rings. The van der Waals surface area contributed by atoms with Gasteiger partial charge in [0.1, 0.15) is 5.65 Å². The molecule has 0 aliphatic heterocycles. The van der Waals surface area contributed by atoms with Crippen LogP contribution in [0.2, 0.25) is 0 Å². The van der Waals surface area contributed by atoms with E-state index in [4.69, 9.17) is 10.5 Å². The molecule has 25 heavy (non-hydrogen) atoms. The molecule has 0 saturated heterocycles. The van der Waals surface area contributed by atoms with Crippen molar-refractivity contribution in [3.63, 3.8) is 0 Å². The molecule has 136 valence electrons. The number of imidazole rings is 1. The molecule has 2 amide bonds. The molecule has 1 atom stereocenters. The summed E-state index contributed by atoms with van der Waals surface area (Å²) in [5.74, 6) is -0.353. The van der Waals surface area contributed by atoms with E-state index in [2.05, 4.69) is 33.2 Å². The van der Waals surface area contributed by atoms with Gasteiger partial charge in [-0.25, -0.2) is 9.78 Å². The highest BCUT2D eigenvalue weighted by Gasteiger charge is 2.23. The molecule has 0 aliphatic carbocycles. The van der Waals surface area contributed by atoms with Crippen molar-refractivity contribution in [2.45, 2.75) is 45.1 Å². The zero-order valence-electron chi connectivity index (χ0n) is 14.2. The average molecular weight is 411 g/mol. The van der Waals surface area contributed by atoms with E-state index in [1.54, 1.807) is 6.20 Å². The van der Waals surface area contributed by atoms with Crippen LogP contribution in [-0.4, -0.2) is 34.0 Å². The quantitative estimate of drug-likeness (QED) is 0.620. The third-order valence-corrected chi connectivity index (χ3v) is 4.24. The van der Waals surface area contributed by atoms with E-state index in [-0.39, 0.29) is 12.3 Å². The highest BCUT2D eigenvalue weighted by atomic mass is 79.9. The number of fused-ring (bicyclic) bond motifs is 1. The van der Waals surface area contributed by atoms with Gasteiger partial charge in [0, 0.05) is 29.8 Å². The van der Waals surface area contributed by atoms with E-state index in [1.165, 1.54) is 0 Å². The van der Waals surface area contributed by atoms with Crippen molar-refractivity contribution >= 4 is 33.6 Å². The topological polar surface area (TPSA) is 98.7 Å². The molecule has 0 radical (unpaired) electrons. The summed E-state index contributed by atoms with van der Waals surface area (Å²) in [7, 11) is 0. The summed E-state index contributed by atoms with van der Waals surface area (Å²) >= 11 is 3.39. The van der Waals surface area contributed by atoms with Gasteiger partial charge in [-0.05, 0) is 18.6 Å². The van der Waals surface area contributed by atoms with Crippen molar-refractivity contribution in [3.05, 3.63) is 34.7 Å². The van der Waals surface area contributed by atoms with E-state index in [9.17, 15) is 9.59 Å². The maximum absolute atomic E-state index is 12.3. The number of hydrogen-bond acceptors (Lipinski definition) is 4. The normalized spacial score (nSPS) is 12.1. The maximum atomic E-state index is 12.3. The summed E-state index contributed by atoms with van der Waals surface area (Å²) in [4.78, 5) is 27.9. The van der Waals surface area contributed by atoms with Crippen LogP contribution in [0.4, 0.5) is 4.79 Å². The Morgan fingerprint density at radius 3 is 2.92 bits per heavy atom. The zero-order valence-corrected chi connectivity index (χ0v) is 15.8. The Kier molecular flexibility index (Phi) is 7.24. The van der Waals surface area contributed by atoms with E-state index in [1.807, 2.05) is 22.7 Å². The molecular weight excluding hydrogens is 388 g/mol. The summed E-state index contributed by atoms with van der Waals surface area (Å²) in [5.41, 5.74) is 6.48. The first-order chi connectivity index (χ1) is 12.0. The lowest BCUT2D eigenvalue weighted by atomic mass is 10.2. The predicted molar refractivity (Wildman–Crippen MR) is 98.2 cm³/mol. The number of amides is 2. The number of primary amides is 1. The highest BCUT2D eigenvalue weighted by molar-refractivity contribution is 9.10. The maximum Gasteiger partial charge on any atom is 0.405 e. The van der Waals surface area contributed by atoms with Crippen molar-refractivity contribution in [3.8, 4) is 0 Å². The number of ether oxygens (including phenoxy) is 1. The minimum absolute atomic E-state index is 0.170. The standard InChI is InChI=1S/C17H23BrN4O3/c1-2-3-4-5-7-20-16(23)14(25-17(19)24)10-13-11-22-8-6-12(18)9-15(22)21-13/h6,8-9,11,14H,2-5,7,10H2,1H3,(H2,19,24)(H,20,23)/t14-/m0/s1. The lowest BCUT2D eigenvalue weighted by Crippen LogP contribution is -2.40. The van der Waals surface area contributed by atoms with Gasteiger partial charge in [-0.15, -0.1) is 0 Å². The number of hydrogen-bond donors (Lipinski definition) is 2. The largest absolute Gasteiger partial charge is 0.436 e. The molecule has 2 heterocycles. The van der Waals surface area contributed by atoms with Crippen molar-refractivity contribution in [2.24, 2.45) is 5.73 Å². The Morgan fingerprint density at radius 2 is 2.20 bits per heavy atom. The van der Waals surface area contributed by atoms with Gasteiger partial charge in [-0.2, -0.15) is 0 Å². The summed E-state index contributed by atoms with van der Waals surface area (Å²) in [5, 5.41) is 2.80. The SMILES string of the molecule is CCCCCCNC(=O)[C@H](Cc1cn2ccc(Br)cc2n1)OC(N)=O. The van der Waals surface area contributed by atoms with E-state index >= 15 is 0 Å². The van der Waals surface area contributed by atoms with Crippen LogP contribution in [0.25, 0.3) is 5.65 Å².